The van der Waals surface area contributed by atoms with Crippen LogP contribution in [0.25, 0.3) is 11.0 Å². The van der Waals surface area contributed by atoms with E-state index in [9.17, 15) is 9.59 Å². The first-order valence-corrected chi connectivity index (χ1v) is 13.3. The van der Waals surface area contributed by atoms with Gasteiger partial charge in [-0.2, -0.15) is 0 Å². The molecular weight excluding hydrogens is 466 g/mol. The van der Waals surface area contributed by atoms with Crippen molar-refractivity contribution in [1.29, 1.82) is 0 Å². The SMILES string of the molecule is C=C1CC(OC(=O)C2(c3ccccc3)CCCCCC2)C1CC[NH3+].CC(=O)Nc1noc2ccccc12. The van der Waals surface area contributed by atoms with Crippen LogP contribution in [-0.2, 0) is 19.7 Å². The molecule has 37 heavy (non-hydrogen) atoms. The minimum absolute atomic E-state index is 0.00981. The van der Waals surface area contributed by atoms with Crippen molar-refractivity contribution in [3.8, 4) is 0 Å². The Balaban J connectivity index is 0.000000207. The molecule has 4 N–H and O–H groups in total. The van der Waals surface area contributed by atoms with Gasteiger partial charge in [0.2, 0.25) is 5.91 Å². The second-order valence-corrected chi connectivity index (χ2v) is 10.1. The summed E-state index contributed by atoms with van der Waals surface area (Å²) in [4.78, 5) is 24.0. The number of aromatic nitrogens is 1. The van der Waals surface area contributed by atoms with Crippen LogP contribution in [0.2, 0.25) is 0 Å². The van der Waals surface area contributed by atoms with Gasteiger partial charge in [0.05, 0.1) is 17.3 Å². The van der Waals surface area contributed by atoms with E-state index >= 15 is 0 Å². The summed E-state index contributed by atoms with van der Waals surface area (Å²) in [6.45, 7) is 6.40. The minimum atomic E-state index is -0.455. The van der Waals surface area contributed by atoms with Gasteiger partial charge >= 0.3 is 5.97 Å². The number of benzene rings is 2. The molecule has 0 saturated heterocycles. The molecule has 2 atom stereocenters. The second-order valence-electron chi connectivity index (χ2n) is 10.1. The molecule has 7 heteroatoms. The molecule has 2 aromatic carbocycles. The van der Waals surface area contributed by atoms with Gasteiger partial charge in [-0.1, -0.05) is 85.5 Å². The van der Waals surface area contributed by atoms with Crippen molar-refractivity contribution in [3.63, 3.8) is 0 Å². The lowest BCUT2D eigenvalue weighted by Crippen LogP contribution is -2.53. The number of rotatable bonds is 6. The molecule has 2 aliphatic carbocycles. The molecule has 1 amide bonds. The molecule has 1 aromatic heterocycles. The third kappa shape index (κ3) is 6.10. The summed E-state index contributed by atoms with van der Waals surface area (Å²) in [5, 5.41) is 7.13. The Morgan fingerprint density at radius 2 is 1.76 bits per heavy atom. The molecule has 2 unspecified atom stereocenters. The predicted octanol–water partition coefficient (Wildman–Crippen LogP) is 5.18. The number of hydrogen-bond acceptors (Lipinski definition) is 5. The number of ether oxygens (including phenoxy) is 1. The maximum atomic E-state index is 13.3. The number of carbonyl (C=O) groups excluding carboxylic acids is 2. The minimum Gasteiger partial charge on any atom is -0.461 e. The molecule has 2 aliphatic rings. The summed E-state index contributed by atoms with van der Waals surface area (Å²) in [5.41, 5.74) is 6.50. The fraction of sp³-hybridized carbons (Fsp3) is 0.433. The fourth-order valence-electron chi connectivity index (χ4n) is 5.48. The van der Waals surface area contributed by atoms with Gasteiger partial charge in [0.15, 0.2) is 11.4 Å². The Hall–Kier alpha value is -3.45. The molecule has 2 saturated carbocycles. The van der Waals surface area contributed by atoms with Crippen LogP contribution >= 0.6 is 0 Å². The smallest absolute Gasteiger partial charge is 0.316 e. The number of para-hydroxylation sites is 1. The average Bonchev–Trinajstić information content (AvgIpc) is 3.13. The lowest BCUT2D eigenvalue weighted by molar-refractivity contribution is -0.371. The van der Waals surface area contributed by atoms with Crippen molar-refractivity contribution < 1.29 is 24.6 Å². The van der Waals surface area contributed by atoms with Crippen molar-refractivity contribution in [1.82, 2.24) is 5.16 Å². The molecule has 1 heterocycles. The van der Waals surface area contributed by atoms with Crippen molar-refractivity contribution in [2.75, 3.05) is 11.9 Å². The largest absolute Gasteiger partial charge is 0.461 e. The van der Waals surface area contributed by atoms with Crippen LogP contribution in [-0.4, -0.2) is 29.7 Å². The van der Waals surface area contributed by atoms with Crippen LogP contribution < -0.4 is 11.1 Å². The summed E-state index contributed by atoms with van der Waals surface area (Å²) < 4.78 is 11.0. The first-order chi connectivity index (χ1) is 17.9. The summed E-state index contributed by atoms with van der Waals surface area (Å²) >= 11 is 0. The summed E-state index contributed by atoms with van der Waals surface area (Å²) in [5.74, 6) is 0.620. The van der Waals surface area contributed by atoms with Crippen LogP contribution in [0.5, 0.6) is 0 Å². The lowest BCUT2D eigenvalue weighted by atomic mass is 9.72. The van der Waals surface area contributed by atoms with E-state index < -0.39 is 5.41 Å². The number of nitrogens with zero attached hydrogens (tertiary/aromatic N) is 1. The van der Waals surface area contributed by atoms with Crippen molar-refractivity contribution in [3.05, 3.63) is 72.3 Å². The van der Waals surface area contributed by atoms with Gasteiger partial charge in [-0.25, -0.2) is 0 Å². The Labute approximate surface area is 218 Å². The quantitative estimate of drug-likeness (QED) is 0.273. The zero-order valence-electron chi connectivity index (χ0n) is 21.7. The van der Waals surface area contributed by atoms with Gasteiger partial charge in [0, 0.05) is 25.7 Å². The number of fused-ring (bicyclic) bond motifs is 1. The van der Waals surface area contributed by atoms with Gasteiger partial charge in [0.25, 0.3) is 0 Å². The van der Waals surface area contributed by atoms with Gasteiger partial charge in [0.1, 0.15) is 6.10 Å². The van der Waals surface area contributed by atoms with E-state index in [0.29, 0.717) is 17.3 Å². The zero-order chi connectivity index (χ0) is 26.3. The number of anilines is 1. The Morgan fingerprint density at radius 1 is 1.08 bits per heavy atom. The highest BCUT2D eigenvalue weighted by Crippen LogP contribution is 2.43. The fourth-order valence-corrected chi connectivity index (χ4v) is 5.48. The molecule has 0 aliphatic heterocycles. The molecule has 7 nitrogen and oxygen atoms in total. The third-order valence-electron chi connectivity index (χ3n) is 7.56. The van der Waals surface area contributed by atoms with E-state index in [0.717, 1.165) is 56.0 Å². The highest BCUT2D eigenvalue weighted by molar-refractivity contribution is 5.97. The first kappa shape index (κ1) is 26.6. The average molecular weight is 505 g/mol. The first-order valence-electron chi connectivity index (χ1n) is 13.3. The van der Waals surface area contributed by atoms with Gasteiger partial charge < -0.3 is 20.3 Å². The van der Waals surface area contributed by atoms with E-state index in [4.69, 9.17) is 9.26 Å². The molecule has 0 radical (unpaired) electrons. The molecule has 0 spiro atoms. The van der Waals surface area contributed by atoms with Crippen LogP contribution in [0.3, 0.4) is 0 Å². The normalized spacial score (nSPS) is 20.6. The zero-order valence-corrected chi connectivity index (χ0v) is 21.7. The molecule has 3 aromatic rings. The van der Waals surface area contributed by atoms with Crippen LogP contribution in [0.4, 0.5) is 5.82 Å². The van der Waals surface area contributed by atoms with E-state index in [1.54, 1.807) is 6.07 Å². The third-order valence-corrected chi connectivity index (χ3v) is 7.56. The van der Waals surface area contributed by atoms with E-state index in [1.807, 2.05) is 36.4 Å². The number of esters is 1. The van der Waals surface area contributed by atoms with E-state index in [-0.39, 0.29) is 18.0 Å². The van der Waals surface area contributed by atoms with Crippen molar-refractivity contribution in [2.24, 2.45) is 5.92 Å². The van der Waals surface area contributed by atoms with E-state index in [2.05, 4.69) is 34.9 Å². The Kier molecular flexibility index (Phi) is 8.77. The van der Waals surface area contributed by atoms with Crippen molar-refractivity contribution >= 4 is 28.7 Å². The topological polar surface area (TPSA) is 109 Å². The number of hydrogen-bond donors (Lipinski definition) is 2. The summed E-state index contributed by atoms with van der Waals surface area (Å²) in [6.07, 6.45) is 8.24. The summed E-state index contributed by atoms with van der Waals surface area (Å²) in [7, 11) is 0. The maximum Gasteiger partial charge on any atom is 0.316 e. The number of amides is 1. The molecule has 5 rings (SSSR count). The van der Waals surface area contributed by atoms with Crippen LogP contribution in [0.15, 0.2) is 71.3 Å². The lowest BCUT2D eigenvalue weighted by Gasteiger charge is -2.41. The predicted molar refractivity (Wildman–Crippen MR) is 144 cm³/mol. The second kappa shape index (κ2) is 12.2. The molecule has 2 fully saturated rings. The molecule has 196 valence electrons. The van der Waals surface area contributed by atoms with Crippen LogP contribution in [0, 0.1) is 5.92 Å². The molecule has 0 bridgehead atoms. The Morgan fingerprint density at radius 3 is 2.41 bits per heavy atom. The number of carbonyl (C=O) groups is 2. The summed E-state index contributed by atoms with van der Waals surface area (Å²) in [6, 6.07) is 17.6. The molecular formula is C30H38N3O4+. The standard InChI is InChI=1S/C21H29NO2.C9H8N2O2/c1-16-15-19(18(16)11-14-22)24-20(23)21(12-7-2-3-8-13-21)17-9-5-4-6-10-17;1-6(12)10-9-7-4-2-3-5-8(7)13-11-9/h4-6,9-10,18-19H,1-3,7-8,11-15,22H2;2-5H,1H3,(H,10,11,12)/p+1. The van der Waals surface area contributed by atoms with Gasteiger partial charge in [-0.05, 0) is 30.5 Å². The van der Waals surface area contributed by atoms with Crippen molar-refractivity contribution in [2.45, 2.75) is 69.8 Å². The Bertz CT molecular complexity index is 1210. The van der Waals surface area contributed by atoms with E-state index in [1.165, 1.54) is 25.3 Å². The number of nitrogens with one attached hydrogen (secondary N) is 1. The monoisotopic (exact) mass is 504 g/mol. The van der Waals surface area contributed by atoms with Gasteiger partial charge in [-0.15, -0.1) is 0 Å². The maximum absolute atomic E-state index is 13.3. The highest BCUT2D eigenvalue weighted by atomic mass is 16.5. The highest BCUT2D eigenvalue weighted by Gasteiger charge is 2.45. The number of quaternary nitrogens is 1. The van der Waals surface area contributed by atoms with Crippen LogP contribution in [0.1, 0.15) is 63.9 Å². The van der Waals surface area contributed by atoms with Gasteiger partial charge in [-0.3, -0.25) is 9.59 Å².